The Morgan fingerprint density at radius 3 is 2.14 bits per heavy atom. The van der Waals surface area contributed by atoms with Crippen molar-refractivity contribution in [2.24, 2.45) is 0 Å². The predicted octanol–water partition coefficient (Wildman–Crippen LogP) is 4.19. The quantitative estimate of drug-likeness (QED) is 0.593. The number of carbonyl (C=O) groups excluding carboxylic acids is 1. The molecule has 0 aromatic heterocycles. The van der Waals surface area contributed by atoms with E-state index in [4.69, 9.17) is 4.74 Å². The molecule has 2 aromatic carbocycles. The van der Waals surface area contributed by atoms with Crippen LogP contribution in [0.4, 0.5) is 8.78 Å². The lowest BCUT2D eigenvalue weighted by atomic mass is 10.1. The highest BCUT2D eigenvalue weighted by Gasteiger charge is 2.06. The molecule has 114 valence electrons. The van der Waals surface area contributed by atoms with E-state index in [9.17, 15) is 13.6 Å². The molecule has 2 aromatic rings. The number of alkyl halides is 2. The van der Waals surface area contributed by atoms with E-state index >= 15 is 0 Å². The topological polar surface area (TPSA) is 35.5 Å². The minimum atomic E-state index is -2.88. The average Bonchev–Trinajstić information content (AvgIpc) is 2.53. The van der Waals surface area contributed by atoms with Gasteiger partial charge in [-0.2, -0.15) is 8.78 Å². The molecule has 0 atom stereocenters. The van der Waals surface area contributed by atoms with E-state index in [0.29, 0.717) is 5.56 Å². The summed E-state index contributed by atoms with van der Waals surface area (Å²) in [7, 11) is 1.58. The molecule has 0 saturated carbocycles. The van der Waals surface area contributed by atoms with Crippen molar-refractivity contribution in [1.29, 1.82) is 0 Å². The SMILES string of the molecule is COc1ccc(/C=C/C(=O)c2ccc(OC(F)F)cc2)cc1. The molecule has 0 aliphatic heterocycles. The summed E-state index contributed by atoms with van der Waals surface area (Å²) >= 11 is 0. The van der Waals surface area contributed by atoms with Gasteiger partial charge in [-0.15, -0.1) is 0 Å². The van der Waals surface area contributed by atoms with Crippen molar-refractivity contribution < 1.29 is 23.0 Å². The van der Waals surface area contributed by atoms with Gasteiger partial charge >= 0.3 is 6.61 Å². The fourth-order valence-electron chi connectivity index (χ4n) is 1.78. The molecule has 3 nitrogen and oxygen atoms in total. The van der Waals surface area contributed by atoms with Crippen molar-refractivity contribution in [3.05, 3.63) is 65.7 Å². The van der Waals surface area contributed by atoms with Crippen LogP contribution in [0.25, 0.3) is 6.08 Å². The number of carbonyl (C=O) groups is 1. The molecule has 2 rings (SSSR count). The number of benzene rings is 2. The molecule has 0 radical (unpaired) electrons. The molecule has 0 saturated heterocycles. The normalized spacial score (nSPS) is 10.9. The minimum Gasteiger partial charge on any atom is -0.497 e. The van der Waals surface area contributed by atoms with Crippen LogP contribution in [0.1, 0.15) is 15.9 Å². The molecular formula is C17H14F2O3. The van der Waals surface area contributed by atoms with Crippen LogP contribution in [0, 0.1) is 0 Å². The molecule has 0 aliphatic rings. The summed E-state index contributed by atoms with van der Waals surface area (Å²) in [5, 5.41) is 0. The van der Waals surface area contributed by atoms with Gasteiger partial charge in [0.2, 0.25) is 0 Å². The molecule has 0 unspecified atom stereocenters. The Morgan fingerprint density at radius 2 is 1.59 bits per heavy atom. The van der Waals surface area contributed by atoms with Gasteiger partial charge in [0.1, 0.15) is 11.5 Å². The lowest BCUT2D eigenvalue weighted by molar-refractivity contribution is -0.0498. The Morgan fingerprint density at radius 1 is 1.00 bits per heavy atom. The molecule has 0 aliphatic carbocycles. The first-order valence-electron chi connectivity index (χ1n) is 6.50. The number of rotatable bonds is 6. The Bertz CT molecular complexity index is 647. The highest BCUT2D eigenvalue weighted by molar-refractivity contribution is 6.06. The van der Waals surface area contributed by atoms with Crippen LogP contribution in [0.2, 0.25) is 0 Å². The maximum atomic E-state index is 12.0. The number of methoxy groups -OCH3 is 1. The van der Waals surface area contributed by atoms with Gasteiger partial charge < -0.3 is 9.47 Å². The smallest absolute Gasteiger partial charge is 0.387 e. The number of hydrogen-bond acceptors (Lipinski definition) is 3. The van der Waals surface area contributed by atoms with Gasteiger partial charge in [0.15, 0.2) is 5.78 Å². The fourth-order valence-corrected chi connectivity index (χ4v) is 1.78. The van der Waals surface area contributed by atoms with E-state index in [1.807, 2.05) is 12.1 Å². The standard InChI is InChI=1S/C17H14F2O3/c1-21-14-7-2-12(3-8-14)4-11-16(20)13-5-9-15(10-6-13)22-17(18)19/h2-11,17H,1H3/b11-4+. The number of hydrogen-bond donors (Lipinski definition) is 0. The zero-order chi connectivity index (χ0) is 15.9. The second-order valence-corrected chi connectivity index (χ2v) is 4.37. The number of allylic oxidation sites excluding steroid dienone is 1. The fraction of sp³-hybridized carbons (Fsp3) is 0.118. The highest BCUT2D eigenvalue weighted by atomic mass is 19.3. The zero-order valence-corrected chi connectivity index (χ0v) is 11.8. The summed E-state index contributed by atoms with van der Waals surface area (Å²) in [5.74, 6) is 0.531. The Labute approximate surface area is 126 Å². The van der Waals surface area contributed by atoms with Gasteiger partial charge in [-0.3, -0.25) is 4.79 Å². The number of ketones is 1. The average molecular weight is 304 g/mol. The van der Waals surface area contributed by atoms with E-state index in [-0.39, 0.29) is 11.5 Å². The third-order valence-corrected chi connectivity index (χ3v) is 2.91. The van der Waals surface area contributed by atoms with Gasteiger partial charge in [0, 0.05) is 5.56 Å². The van der Waals surface area contributed by atoms with Crippen LogP contribution < -0.4 is 9.47 Å². The van der Waals surface area contributed by atoms with Crippen LogP contribution in [-0.2, 0) is 0 Å². The summed E-state index contributed by atoms with van der Waals surface area (Å²) < 4.78 is 33.3. The Balaban J connectivity index is 2.02. The minimum absolute atomic E-state index is 0.0192. The van der Waals surface area contributed by atoms with Crippen LogP contribution >= 0.6 is 0 Å². The Hall–Kier alpha value is -2.69. The van der Waals surface area contributed by atoms with Gasteiger partial charge in [0.25, 0.3) is 0 Å². The lowest BCUT2D eigenvalue weighted by Crippen LogP contribution is -2.02. The van der Waals surface area contributed by atoms with Crippen molar-refractivity contribution in [2.75, 3.05) is 7.11 Å². The van der Waals surface area contributed by atoms with Gasteiger partial charge in [-0.1, -0.05) is 18.2 Å². The van der Waals surface area contributed by atoms with Crippen LogP contribution in [0.3, 0.4) is 0 Å². The number of ether oxygens (including phenoxy) is 2. The van der Waals surface area contributed by atoms with Crippen LogP contribution in [0.5, 0.6) is 11.5 Å². The Kier molecular flexibility index (Phi) is 5.25. The van der Waals surface area contributed by atoms with Gasteiger partial charge in [0.05, 0.1) is 7.11 Å². The molecule has 0 amide bonds. The van der Waals surface area contributed by atoms with E-state index in [1.54, 1.807) is 25.3 Å². The maximum absolute atomic E-state index is 12.0. The van der Waals surface area contributed by atoms with Crippen LogP contribution in [0.15, 0.2) is 54.6 Å². The van der Waals surface area contributed by atoms with E-state index in [1.165, 1.54) is 30.3 Å². The van der Waals surface area contributed by atoms with Crippen molar-refractivity contribution in [2.45, 2.75) is 6.61 Å². The van der Waals surface area contributed by atoms with E-state index in [2.05, 4.69) is 4.74 Å². The van der Waals surface area contributed by atoms with E-state index in [0.717, 1.165) is 11.3 Å². The van der Waals surface area contributed by atoms with Gasteiger partial charge in [-0.05, 0) is 48.0 Å². The van der Waals surface area contributed by atoms with Crippen LogP contribution in [-0.4, -0.2) is 19.5 Å². The maximum Gasteiger partial charge on any atom is 0.387 e. The largest absolute Gasteiger partial charge is 0.497 e. The molecule has 0 heterocycles. The first-order valence-corrected chi connectivity index (χ1v) is 6.50. The summed E-state index contributed by atoms with van der Waals surface area (Å²) in [5.41, 5.74) is 1.25. The van der Waals surface area contributed by atoms with E-state index < -0.39 is 6.61 Å². The third-order valence-electron chi connectivity index (χ3n) is 2.91. The lowest BCUT2D eigenvalue weighted by Gasteiger charge is -2.04. The summed E-state index contributed by atoms with van der Waals surface area (Å²) in [6.45, 7) is -2.88. The molecule has 0 fully saturated rings. The summed E-state index contributed by atoms with van der Waals surface area (Å²) in [6, 6.07) is 12.8. The van der Waals surface area contributed by atoms with Crippen molar-refractivity contribution in [1.82, 2.24) is 0 Å². The van der Waals surface area contributed by atoms with Crippen molar-refractivity contribution >= 4 is 11.9 Å². The van der Waals surface area contributed by atoms with Crippen molar-refractivity contribution in [3.63, 3.8) is 0 Å². The predicted molar refractivity (Wildman–Crippen MR) is 79.4 cm³/mol. The molecule has 5 heteroatoms. The molecule has 0 spiro atoms. The zero-order valence-electron chi connectivity index (χ0n) is 11.8. The number of halogens is 2. The monoisotopic (exact) mass is 304 g/mol. The summed E-state index contributed by atoms with van der Waals surface area (Å²) in [4.78, 5) is 12.0. The molecule has 22 heavy (non-hydrogen) atoms. The third kappa shape index (κ3) is 4.41. The molecular weight excluding hydrogens is 290 g/mol. The second kappa shape index (κ2) is 7.36. The molecule has 0 bridgehead atoms. The highest BCUT2D eigenvalue weighted by Crippen LogP contribution is 2.16. The van der Waals surface area contributed by atoms with Crippen molar-refractivity contribution in [3.8, 4) is 11.5 Å². The van der Waals surface area contributed by atoms with Gasteiger partial charge in [-0.25, -0.2) is 0 Å². The summed E-state index contributed by atoms with van der Waals surface area (Å²) in [6.07, 6.45) is 3.09. The molecule has 0 N–H and O–H groups in total. The first kappa shape index (κ1) is 15.7. The second-order valence-electron chi connectivity index (χ2n) is 4.37. The first-order chi connectivity index (χ1) is 10.6.